The van der Waals surface area contributed by atoms with Gasteiger partial charge in [-0.3, -0.25) is 4.79 Å². The number of piperazine rings is 1. The number of thioether (sulfide) groups is 1. The maximum absolute atomic E-state index is 14.2. The Morgan fingerprint density at radius 2 is 1.70 bits per heavy atom. The predicted molar refractivity (Wildman–Crippen MR) is 146 cm³/mol. The van der Waals surface area contributed by atoms with Gasteiger partial charge < -0.3 is 14.4 Å². The van der Waals surface area contributed by atoms with E-state index >= 15 is 0 Å². The van der Waals surface area contributed by atoms with Crippen LogP contribution in [0.5, 0.6) is 0 Å². The van der Waals surface area contributed by atoms with Crippen LogP contribution < -0.4 is 4.90 Å². The third kappa shape index (κ3) is 5.54. The van der Waals surface area contributed by atoms with Crippen LogP contribution in [0.2, 0.25) is 0 Å². The van der Waals surface area contributed by atoms with Crippen LogP contribution in [0.15, 0.2) is 78.0 Å². The van der Waals surface area contributed by atoms with Gasteiger partial charge in [-0.15, -0.1) is 10.2 Å². The summed E-state index contributed by atoms with van der Waals surface area (Å²) in [5, 5.41) is 9.74. The van der Waals surface area contributed by atoms with Gasteiger partial charge in [-0.1, -0.05) is 65.9 Å². The Labute approximate surface area is 221 Å². The Bertz CT molecular complexity index is 1380. The standard InChI is InChI=1S/C29H30FN5OS/c1-3-35-27(23-13-11-21(2)12-14-23)31-32-29(35)37-20-22-7-6-8-24(19-22)28(36)34-17-15-33(16-18-34)26-10-5-4-9-25(26)30/h4-14,19H,3,15-18,20H2,1-2H3. The van der Waals surface area contributed by atoms with Crippen molar-refractivity contribution < 1.29 is 9.18 Å². The number of aryl methyl sites for hydroxylation is 1. The lowest BCUT2D eigenvalue weighted by Crippen LogP contribution is -2.49. The van der Waals surface area contributed by atoms with Crippen molar-refractivity contribution >= 4 is 23.4 Å². The minimum Gasteiger partial charge on any atom is -0.366 e. The molecule has 190 valence electrons. The molecule has 1 amide bonds. The van der Waals surface area contributed by atoms with Gasteiger partial charge >= 0.3 is 0 Å². The van der Waals surface area contributed by atoms with E-state index in [1.807, 2.05) is 40.1 Å². The second-order valence-electron chi connectivity index (χ2n) is 9.14. The Hall–Kier alpha value is -3.65. The van der Waals surface area contributed by atoms with Crippen LogP contribution in [0.4, 0.5) is 10.1 Å². The summed E-state index contributed by atoms with van der Waals surface area (Å²) in [4.78, 5) is 17.1. The van der Waals surface area contributed by atoms with Gasteiger partial charge in [0.25, 0.3) is 5.91 Å². The van der Waals surface area contributed by atoms with E-state index in [1.165, 1.54) is 11.6 Å². The van der Waals surface area contributed by atoms with Crippen molar-refractivity contribution in [3.63, 3.8) is 0 Å². The van der Waals surface area contributed by atoms with Gasteiger partial charge in [0.2, 0.25) is 0 Å². The molecule has 1 saturated heterocycles. The van der Waals surface area contributed by atoms with E-state index in [2.05, 4.69) is 52.9 Å². The van der Waals surface area contributed by atoms with Crippen molar-refractivity contribution in [3.05, 3.63) is 95.3 Å². The topological polar surface area (TPSA) is 54.3 Å². The fourth-order valence-corrected chi connectivity index (χ4v) is 5.53. The number of hydrogen-bond acceptors (Lipinski definition) is 5. The van der Waals surface area contributed by atoms with Gasteiger partial charge in [0.05, 0.1) is 5.69 Å². The molecular weight excluding hydrogens is 485 g/mol. The zero-order valence-electron chi connectivity index (χ0n) is 21.1. The van der Waals surface area contributed by atoms with Crippen molar-refractivity contribution in [2.24, 2.45) is 0 Å². The first-order chi connectivity index (χ1) is 18.0. The predicted octanol–water partition coefficient (Wildman–Crippen LogP) is 5.67. The van der Waals surface area contributed by atoms with Gasteiger partial charge in [-0.25, -0.2) is 4.39 Å². The molecule has 6 nitrogen and oxygen atoms in total. The number of amides is 1. The fraction of sp³-hybridized carbons (Fsp3) is 0.276. The van der Waals surface area contributed by atoms with Crippen LogP contribution in [-0.2, 0) is 12.3 Å². The largest absolute Gasteiger partial charge is 0.366 e. The maximum Gasteiger partial charge on any atom is 0.253 e. The zero-order chi connectivity index (χ0) is 25.8. The third-order valence-electron chi connectivity index (χ3n) is 6.64. The first-order valence-electron chi connectivity index (χ1n) is 12.5. The number of carbonyl (C=O) groups excluding carboxylic acids is 1. The molecule has 0 atom stereocenters. The fourth-order valence-electron chi connectivity index (χ4n) is 4.58. The van der Waals surface area contributed by atoms with Crippen LogP contribution in [0, 0.1) is 12.7 Å². The lowest BCUT2D eigenvalue weighted by molar-refractivity contribution is 0.0746. The van der Waals surface area contributed by atoms with Crippen LogP contribution in [-0.4, -0.2) is 51.8 Å². The highest BCUT2D eigenvalue weighted by Gasteiger charge is 2.24. The summed E-state index contributed by atoms with van der Waals surface area (Å²) in [5.74, 6) is 1.34. The number of aromatic nitrogens is 3. The quantitative estimate of drug-likeness (QED) is 0.297. The number of nitrogens with zero attached hydrogens (tertiary/aromatic N) is 5. The first kappa shape index (κ1) is 25.0. The van der Waals surface area contributed by atoms with E-state index in [1.54, 1.807) is 23.9 Å². The van der Waals surface area contributed by atoms with Gasteiger partial charge in [0, 0.05) is 49.6 Å². The van der Waals surface area contributed by atoms with Crippen LogP contribution in [0.3, 0.4) is 0 Å². The molecule has 0 spiro atoms. The molecule has 5 rings (SSSR count). The van der Waals surface area contributed by atoms with E-state index in [0.717, 1.165) is 28.7 Å². The summed E-state index contributed by atoms with van der Waals surface area (Å²) in [7, 11) is 0. The zero-order valence-corrected chi connectivity index (χ0v) is 21.9. The molecule has 0 saturated carbocycles. The molecule has 1 fully saturated rings. The Morgan fingerprint density at radius 1 is 0.946 bits per heavy atom. The molecule has 0 unspecified atom stereocenters. The highest BCUT2D eigenvalue weighted by molar-refractivity contribution is 7.98. The Balaban J connectivity index is 1.22. The molecule has 0 N–H and O–H groups in total. The number of anilines is 1. The highest BCUT2D eigenvalue weighted by Crippen LogP contribution is 2.27. The van der Waals surface area contributed by atoms with Crippen molar-refractivity contribution in [2.45, 2.75) is 31.3 Å². The molecule has 8 heteroatoms. The molecule has 3 aromatic carbocycles. The average Bonchev–Trinajstić information content (AvgIpc) is 3.35. The molecule has 0 bridgehead atoms. The number of hydrogen-bond donors (Lipinski definition) is 0. The number of rotatable bonds is 7. The second-order valence-corrected chi connectivity index (χ2v) is 10.1. The highest BCUT2D eigenvalue weighted by atomic mass is 32.2. The molecule has 0 aliphatic carbocycles. The number of para-hydroxylation sites is 1. The first-order valence-corrected chi connectivity index (χ1v) is 13.5. The molecule has 4 aromatic rings. The lowest BCUT2D eigenvalue weighted by Gasteiger charge is -2.36. The monoisotopic (exact) mass is 515 g/mol. The van der Waals surface area contributed by atoms with E-state index in [4.69, 9.17) is 0 Å². The molecule has 0 radical (unpaired) electrons. The lowest BCUT2D eigenvalue weighted by atomic mass is 10.1. The number of benzene rings is 3. The van der Waals surface area contributed by atoms with Crippen molar-refractivity contribution in [1.29, 1.82) is 0 Å². The van der Waals surface area contributed by atoms with E-state index in [9.17, 15) is 9.18 Å². The summed E-state index contributed by atoms with van der Waals surface area (Å²) < 4.78 is 16.3. The van der Waals surface area contributed by atoms with Crippen LogP contribution in [0.1, 0.15) is 28.4 Å². The van der Waals surface area contributed by atoms with Gasteiger partial charge in [-0.05, 0) is 43.7 Å². The molecular formula is C29H30FN5OS. The van der Waals surface area contributed by atoms with Crippen LogP contribution >= 0.6 is 11.8 Å². The molecule has 37 heavy (non-hydrogen) atoms. The normalized spacial score (nSPS) is 13.7. The summed E-state index contributed by atoms with van der Waals surface area (Å²) in [5.41, 5.74) is 4.59. The average molecular weight is 516 g/mol. The molecule has 1 aliphatic rings. The van der Waals surface area contributed by atoms with Gasteiger partial charge in [-0.2, -0.15) is 0 Å². The Morgan fingerprint density at radius 3 is 2.43 bits per heavy atom. The minimum atomic E-state index is -0.225. The maximum atomic E-state index is 14.2. The van der Waals surface area contributed by atoms with Crippen molar-refractivity contribution in [2.75, 3.05) is 31.1 Å². The number of halogens is 1. The van der Waals surface area contributed by atoms with Crippen molar-refractivity contribution in [1.82, 2.24) is 19.7 Å². The Kier molecular flexibility index (Phi) is 7.55. The van der Waals surface area contributed by atoms with Crippen LogP contribution in [0.25, 0.3) is 11.4 Å². The van der Waals surface area contributed by atoms with Crippen molar-refractivity contribution in [3.8, 4) is 11.4 Å². The van der Waals surface area contributed by atoms with E-state index in [0.29, 0.717) is 43.2 Å². The summed E-state index contributed by atoms with van der Waals surface area (Å²) in [6, 6.07) is 22.9. The smallest absolute Gasteiger partial charge is 0.253 e. The summed E-state index contributed by atoms with van der Waals surface area (Å²) in [6.45, 7) is 7.28. The number of carbonyl (C=O) groups is 1. The second kappa shape index (κ2) is 11.2. The summed E-state index contributed by atoms with van der Waals surface area (Å²) in [6.07, 6.45) is 0. The van der Waals surface area contributed by atoms with Gasteiger partial charge in [0.1, 0.15) is 5.82 Å². The summed E-state index contributed by atoms with van der Waals surface area (Å²) >= 11 is 1.62. The SMILES string of the molecule is CCn1c(SCc2cccc(C(=O)N3CCN(c4ccccc4F)CC3)c2)nnc1-c1ccc(C)cc1. The van der Waals surface area contributed by atoms with E-state index < -0.39 is 0 Å². The molecule has 1 aliphatic heterocycles. The third-order valence-corrected chi connectivity index (χ3v) is 7.68. The molecule has 1 aromatic heterocycles. The molecule has 2 heterocycles. The van der Waals surface area contributed by atoms with Gasteiger partial charge in [0.15, 0.2) is 11.0 Å². The minimum absolute atomic E-state index is 0.0124. The van der Waals surface area contributed by atoms with E-state index in [-0.39, 0.29) is 11.7 Å².